The summed E-state index contributed by atoms with van der Waals surface area (Å²) >= 11 is 0. The van der Waals surface area contributed by atoms with Crippen molar-refractivity contribution in [1.82, 2.24) is 10.2 Å². The number of aliphatic hydroxyl groups is 1. The Balaban J connectivity index is 2.15. The van der Waals surface area contributed by atoms with Gasteiger partial charge in [0.1, 0.15) is 6.04 Å². The lowest BCUT2D eigenvalue weighted by Crippen LogP contribution is -2.55. The fraction of sp³-hybridized carbons (Fsp3) is 0.818. The molecule has 3 N–H and O–H groups in total. The SMILES string of the molecule is CC1(C(=O)N2C[C@H](O)C[C@H]2C(=O)O)CCCN1. The minimum Gasteiger partial charge on any atom is -0.480 e. The van der Waals surface area contributed by atoms with Gasteiger partial charge in [-0.3, -0.25) is 4.79 Å². The monoisotopic (exact) mass is 242 g/mol. The van der Waals surface area contributed by atoms with Crippen LogP contribution in [0.15, 0.2) is 0 Å². The highest BCUT2D eigenvalue weighted by Crippen LogP contribution is 2.26. The van der Waals surface area contributed by atoms with Crippen molar-refractivity contribution in [3.63, 3.8) is 0 Å². The van der Waals surface area contributed by atoms with Gasteiger partial charge in [-0.1, -0.05) is 0 Å². The summed E-state index contributed by atoms with van der Waals surface area (Å²) in [6.45, 7) is 2.69. The molecule has 1 amide bonds. The van der Waals surface area contributed by atoms with Gasteiger partial charge in [-0.25, -0.2) is 4.79 Å². The number of carboxylic acids is 1. The number of β-amino-alcohol motifs (C(OH)–C–C–N with tert-alkyl or cyclic N) is 1. The predicted octanol–water partition coefficient (Wildman–Crippen LogP) is -0.825. The molecule has 0 saturated carbocycles. The van der Waals surface area contributed by atoms with Crippen LogP contribution in [0.2, 0.25) is 0 Å². The molecule has 2 fully saturated rings. The molecule has 96 valence electrons. The molecule has 2 aliphatic heterocycles. The number of hydrogen-bond donors (Lipinski definition) is 3. The molecule has 2 aliphatic rings. The maximum absolute atomic E-state index is 12.3. The van der Waals surface area contributed by atoms with E-state index in [1.54, 1.807) is 6.92 Å². The summed E-state index contributed by atoms with van der Waals surface area (Å²) in [5.41, 5.74) is -0.669. The van der Waals surface area contributed by atoms with E-state index >= 15 is 0 Å². The van der Waals surface area contributed by atoms with Crippen molar-refractivity contribution in [1.29, 1.82) is 0 Å². The van der Waals surface area contributed by atoms with Gasteiger partial charge in [0.05, 0.1) is 11.6 Å². The highest BCUT2D eigenvalue weighted by Gasteiger charge is 2.46. The molecule has 0 aliphatic carbocycles. The minimum atomic E-state index is -1.04. The average molecular weight is 242 g/mol. The van der Waals surface area contributed by atoms with Crippen LogP contribution in [0.25, 0.3) is 0 Å². The van der Waals surface area contributed by atoms with Crippen molar-refractivity contribution in [3.05, 3.63) is 0 Å². The smallest absolute Gasteiger partial charge is 0.326 e. The molecule has 0 spiro atoms. The lowest BCUT2D eigenvalue weighted by atomic mass is 9.98. The average Bonchev–Trinajstić information content (AvgIpc) is 2.84. The molecular weight excluding hydrogens is 224 g/mol. The second-order valence-electron chi connectivity index (χ2n) is 5.06. The van der Waals surface area contributed by atoms with Gasteiger partial charge in [0.2, 0.25) is 5.91 Å². The van der Waals surface area contributed by atoms with Crippen LogP contribution in [-0.2, 0) is 9.59 Å². The van der Waals surface area contributed by atoms with Crippen LogP contribution in [0.4, 0.5) is 0 Å². The quantitative estimate of drug-likeness (QED) is 0.588. The number of nitrogens with one attached hydrogen (secondary N) is 1. The van der Waals surface area contributed by atoms with Gasteiger partial charge in [-0.2, -0.15) is 0 Å². The Morgan fingerprint density at radius 2 is 2.18 bits per heavy atom. The fourth-order valence-corrected chi connectivity index (χ4v) is 2.67. The summed E-state index contributed by atoms with van der Waals surface area (Å²) in [6, 6.07) is -0.892. The first-order valence-corrected chi connectivity index (χ1v) is 5.91. The van der Waals surface area contributed by atoms with E-state index in [-0.39, 0.29) is 18.9 Å². The minimum absolute atomic E-state index is 0.118. The Bertz CT molecular complexity index is 338. The summed E-state index contributed by atoms with van der Waals surface area (Å²) in [5, 5.41) is 21.7. The molecule has 0 aromatic carbocycles. The Hall–Kier alpha value is -1.14. The summed E-state index contributed by atoms with van der Waals surface area (Å²) < 4.78 is 0. The van der Waals surface area contributed by atoms with Crippen LogP contribution >= 0.6 is 0 Å². The summed E-state index contributed by atoms with van der Waals surface area (Å²) in [7, 11) is 0. The molecule has 0 aromatic heterocycles. The van der Waals surface area contributed by atoms with Crippen LogP contribution in [0, 0.1) is 0 Å². The van der Waals surface area contributed by atoms with E-state index in [0.717, 1.165) is 13.0 Å². The molecular formula is C11H18N2O4. The molecule has 6 nitrogen and oxygen atoms in total. The van der Waals surface area contributed by atoms with Crippen LogP contribution in [0.3, 0.4) is 0 Å². The van der Waals surface area contributed by atoms with E-state index in [1.807, 2.05) is 0 Å². The number of aliphatic carboxylic acids is 1. The summed E-state index contributed by atoms with van der Waals surface area (Å²) in [6.07, 6.45) is 1.02. The van der Waals surface area contributed by atoms with Gasteiger partial charge < -0.3 is 20.4 Å². The molecule has 17 heavy (non-hydrogen) atoms. The number of carboxylic acid groups (broad SMARTS) is 1. The van der Waals surface area contributed by atoms with E-state index in [9.17, 15) is 14.7 Å². The maximum atomic E-state index is 12.3. The van der Waals surface area contributed by atoms with Crippen molar-refractivity contribution in [2.24, 2.45) is 0 Å². The topological polar surface area (TPSA) is 89.9 Å². The number of nitrogens with zero attached hydrogens (tertiary/aromatic N) is 1. The molecule has 2 saturated heterocycles. The number of carbonyl (C=O) groups excluding carboxylic acids is 1. The lowest BCUT2D eigenvalue weighted by Gasteiger charge is -2.31. The summed E-state index contributed by atoms with van der Waals surface area (Å²) in [4.78, 5) is 24.7. The molecule has 0 radical (unpaired) electrons. The second kappa shape index (κ2) is 4.27. The van der Waals surface area contributed by atoms with Gasteiger partial charge in [-0.15, -0.1) is 0 Å². The number of rotatable bonds is 2. The van der Waals surface area contributed by atoms with E-state index in [1.165, 1.54) is 4.90 Å². The zero-order chi connectivity index (χ0) is 12.6. The van der Waals surface area contributed by atoms with Crippen LogP contribution in [0.5, 0.6) is 0 Å². The number of carbonyl (C=O) groups is 2. The molecule has 0 bridgehead atoms. The first-order valence-electron chi connectivity index (χ1n) is 5.91. The van der Waals surface area contributed by atoms with Gasteiger partial charge in [0.15, 0.2) is 0 Å². The Morgan fingerprint density at radius 1 is 1.47 bits per heavy atom. The third-order valence-corrected chi connectivity index (χ3v) is 3.67. The van der Waals surface area contributed by atoms with E-state index in [0.29, 0.717) is 6.42 Å². The molecule has 6 heteroatoms. The van der Waals surface area contributed by atoms with Crippen molar-refractivity contribution in [3.8, 4) is 0 Å². The van der Waals surface area contributed by atoms with Crippen molar-refractivity contribution >= 4 is 11.9 Å². The normalized spacial score (nSPS) is 37.4. The zero-order valence-electron chi connectivity index (χ0n) is 9.85. The second-order valence-corrected chi connectivity index (χ2v) is 5.06. The maximum Gasteiger partial charge on any atom is 0.326 e. The van der Waals surface area contributed by atoms with Crippen LogP contribution < -0.4 is 5.32 Å². The van der Waals surface area contributed by atoms with Gasteiger partial charge in [0, 0.05) is 13.0 Å². The van der Waals surface area contributed by atoms with Crippen molar-refractivity contribution < 1.29 is 19.8 Å². The zero-order valence-corrected chi connectivity index (χ0v) is 9.85. The third-order valence-electron chi connectivity index (χ3n) is 3.67. The standard InChI is InChI=1S/C11H18N2O4/c1-11(3-2-4-12-11)10(17)13-6-7(14)5-8(13)9(15)16/h7-8,12,14H,2-6H2,1H3,(H,15,16)/t7-,8+,11?/m1/s1. The van der Waals surface area contributed by atoms with E-state index in [2.05, 4.69) is 5.32 Å². The van der Waals surface area contributed by atoms with Crippen molar-refractivity contribution in [2.75, 3.05) is 13.1 Å². The van der Waals surface area contributed by atoms with Gasteiger partial charge in [-0.05, 0) is 26.3 Å². The van der Waals surface area contributed by atoms with Crippen LogP contribution in [-0.4, -0.2) is 57.8 Å². The van der Waals surface area contributed by atoms with Crippen LogP contribution in [0.1, 0.15) is 26.2 Å². The molecule has 2 rings (SSSR count). The molecule has 0 aromatic rings. The predicted molar refractivity (Wildman–Crippen MR) is 59.4 cm³/mol. The highest BCUT2D eigenvalue weighted by molar-refractivity contribution is 5.90. The Morgan fingerprint density at radius 3 is 2.71 bits per heavy atom. The molecule has 3 atom stereocenters. The first kappa shape index (κ1) is 12.3. The number of amides is 1. The number of aliphatic hydroxyl groups excluding tert-OH is 1. The number of likely N-dealkylation sites (tertiary alicyclic amines) is 1. The van der Waals surface area contributed by atoms with Crippen molar-refractivity contribution in [2.45, 2.75) is 43.9 Å². The van der Waals surface area contributed by atoms with E-state index < -0.39 is 23.7 Å². The molecule has 2 heterocycles. The fourth-order valence-electron chi connectivity index (χ4n) is 2.67. The van der Waals surface area contributed by atoms with E-state index in [4.69, 9.17) is 5.11 Å². The highest BCUT2D eigenvalue weighted by atomic mass is 16.4. The number of hydrogen-bond acceptors (Lipinski definition) is 4. The molecule has 1 unspecified atom stereocenters. The largest absolute Gasteiger partial charge is 0.480 e. The van der Waals surface area contributed by atoms with Gasteiger partial charge >= 0.3 is 5.97 Å². The summed E-state index contributed by atoms with van der Waals surface area (Å²) in [5.74, 6) is -1.25. The first-order chi connectivity index (χ1) is 7.94. The third kappa shape index (κ3) is 2.14. The lowest BCUT2D eigenvalue weighted by molar-refractivity contribution is -0.150. The Kier molecular flexibility index (Phi) is 3.09. The van der Waals surface area contributed by atoms with Gasteiger partial charge in [0.25, 0.3) is 0 Å². The Labute approximate surface area is 99.6 Å².